The van der Waals surface area contributed by atoms with Crippen LogP contribution in [-0.2, 0) is 31.9 Å². The Hall–Kier alpha value is -3.48. The molecule has 1 unspecified atom stereocenters. The fourth-order valence-corrected chi connectivity index (χ4v) is 4.14. The number of ether oxygens (including phenoxy) is 1. The number of nitrogens with one attached hydrogen (secondary N) is 1. The van der Waals surface area contributed by atoms with Crippen molar-refractivity contribution in [3.63, 3.8) is 0 Å². The van der Waals surface area contributed by atoms with Gasteiger partial charge >= 0.3 is 6.18 Å². The number of rotatable bonds is 8. The maximum atomic E-state index is 13.6. The molecule has 1 aromatic carbocycles. The van der Waals surface area contributed by atoms with Gasteiger partial charge in [-0.05, 0) is 54.4 Å². The van der Waals surface area contributed by atoms with E-state index in [1.54, 1.807) is 18.2 Å². The lowest BCUT2D eigenvalue weighted by Crippen LogP contribution is -2.10. The lowest BCUT2D eigenvalue weighted by molar-refractivity contribution is -0.137. The molecule has 4 aromatic rings. The van der Waals surface area contributed by atoms with Gasteiger partial charge in [0.05, 0.1) is 16.6 Å². The molecule has 2 N–H and O–H groups in total. The molecule has 8 nitrogen and oxygen atoms in total. The van der Waals surface area contributed by atoms with Gasteiger partial charge in [0.25, 0.3) is 0 Å². The maximum absolute atomic E-state index is 13.6. The standard InChI is InChI=1S/C25H24F3N5O3S/c1-15(2)13-36-14-21-32-23(30-16-6-8-17(9-7-16)37(3,34)35)18-10-11-20(31-24(18)33-21)22-19(25(26,27)28)5-4-12-29-22/h4-12,15H,13-14H2,1-3H3,(H-,30,31,32,33,34,35)/p+1. The van der Waals surface area contributed by atoms with E-state index in [-0.39, 0.29) is 34.5 Å². The molecule has 0 spiro atoms. The fourth-order valence-electron chi connectivity index (χ4n) is 3.50. The van der Waals surface area contributed by atoms with Crippen molar-refractivity contribution in [3.8, 4) is 11.4 Å². The summed E-state index contributed by atoms with van der Waals surface area (Å²) in [5.41, 5.74) is -0.434. The number of pyridine rings is 2. The van der Waals surface area contributed by atoms with Gasteiger partial charge in [-0.15, -0.1) is 0 Å². The average Bonchev–Trinajstić information content (AvgIpc) is 2.83. The van der Waals surface area contributed by atoms with E-state index < -0.39 is 22.0 Å². The predicted octanol–water partition coefficient (Wildman–Crippen LogP) is 5.98. The van der Waals surface area contributed by atoms with Crippen LogP contribution in [0.1, 0.15) is 25.2 Å². The van der Waals surface area contributed by atoms with E-state index in [2.05, 4.69) is 25.3 Å². The van der Waals surface area contributed by atoms with E-state index in [0.717, 1.165) is 6.07 Å². The van der Waals surface area contributed by atoms with E-state index in [0.29, 0.717) is 29.3 Å². The number of halogens is 3. The van der Waals surface area contributed by atoms with E-state index in [4.69, 9.17) is 4.74 Å². The first-order valence-corrected chi connectivity index (χ1v) is 13.2. The average molecular weight is 533 g/mol. The smallest absolute Gasteiger partial charge is 0.373 e. The van der Waals surface area contributed by atoms with Crippen LogP contribution in [0.2, 0.25) is 0 Å². The van der Waals surface area contributed by atoms with Crippen molar-refractivity contribution in [2.45, 2.75) is 31.5 Å². The third kappa shape index (κ3) is 6.45. The van der Waals surface area contributed by atoms with Crippen LogP contribution >= 0.6 is 0 Å². The van der Waals surface area contributed by atoms with Crippen molar-refractivity contribution >= 4 is 32.8 Å². The molecule has 0 saturated heterocycles. The molecule has 0 bridgehead atoms. The van der Waals surface area contributed by atoms with Crippen LogP contribution in [-0.4, -0.2) is 37.4 Å². The SMILES string of the molecule is CC(C)COCc1nc(Nc2ccc([S+](C)(=O)O)cc2)c2ccc(-c3ncccc3C(F)(F)F)nc2n1. The van der Waals surface area contributed by atoms with Crippen molar-refractivity contribution in [1.82, 2.24) is 19.9 Å². The molecule has 0 aliphatic rings. The summed E-state index contributed by atoms with van der Waals surface area (Å²) in [7, 11) is -3.11. The zero-order chi connectivity index (χ0) is 26.8. The summed E-state index contributed by atoms with van der Waals surface area (Å²) in [6, 6.07) is 11.5. The number of hydrogen-bond donors (Lipinski definition) is 2. The van der Waals surface area contributed by atoms with Crippen molar-refractivity contribution in [1.29, 1.82) is 0 Å². The Kier molecular flexibility index (Phi) is 7.53. The number of benzene rings is 1. The number of fused-ring (bicyclic) bond motifs is 1. The maximum Gasteiger partial charge on any atom is 0.418 e. The van der Waals surface area contributed by atoms with Crippen LogP contribution in [0.4, 0.5) is 24.7 Å². The van der Waals surface area contributed by atoms with E-state index in [1.807, 2.05) is 13.8 Å². The van der Waals surface area contributed by atoms with Crippen molar-refractivity contribution in [2.75, 3.05) is 18.2 Å². The summed E-state index contributed by atoms with van der Waals surface area (Å²) in [4.78, 5) is 17.6. The summed E-state index contributed by atoms with van der Waals surface area (Å²) in [6.45, 7) is 4.54. The molecule has 3 heterocycles. The number of hydrogen-bond acceptors (Lipinski definition) is 7. The molecule has 194 valence electrons. The van der Waals surface area contributed by atoms with Crippen LogP contribution in [0, 0.1) is 5.92 Å². The highest BCUT2D eigenvalue weighted by Crippen LogP contribution is 2.36. The summed E-state index contributed by atoms with van der Waals surface area (Å²) >= 11 is 0. The topological polar surface area (TPSA) is 110 Å². The third-order valence-corrected chi connectivity index (χ3v) is 6.35. The lowest BCUT2D eigenvalue weighted by Gasteiger charge is -2.14. The molecule has 0 aliphatic heterocycles. The van der Waals surface area contributed by atoms with E-state index in [1.165, 1.54) is 36.7 Å². The minimum absolute atomic E-state index is 0.0177. The second-order valence-corrected chi connectivity index (χ2v) is 10.9. The zero-order valence-electron chi connectivity index (χ0n) is 20.3. The molecule has 12 heteroatoms. The number of aromatic nitrogens is 4. The molecular weight excluding hydrogens is 507 g/mol. The zero-order valence-corrected chi connectivity index (χ0v) is 21.1. The first-order chi connectivity index (χ1) is 17.4. The quantitative estimate of drug-likeness (QED) is 0.267. The van der Waals surface area contributed by atoms with Crippen LogP contribution in [0.3, 0.4) is 0 Å². The summed E-state index contributed by atoms with van der Waals surface area (Å²) in [6.07, 6.45) is -2.10. The van der Waals surface area contributed by atoms with Gasteiger partial charge in [0, 0.05) is 18.5 Å². The highest BCUT2D eigenvalue weighted by molar-refractivity contribution is 7.97. The van der Waals surface area contributed by atoms with Gasteiger partial charge < -0.3 is 10.1 Å². The molecule has 0 radical (unpaired) electrons. The van der Waals surface area contributed by atoms with Crippen LogP contribution < -0.4 is 5.32 Å². The van der Waals surface area contributed by atoms with Gasteiger partial charge in [-0.25, -0.2) is 15.0 Å². The molecular formula is C25H25F3N5O3S+. The van der Waals surface area contributed by atoms with Crippen molar-refractivity contribution in [3.05, 3.63) is 66.1 Å². The molecule has 4 rings (SSSR count). The van der Waals surface area contributed by atoms with Gasteiger partial charge in [-0.3, -0.25) is 4.98 Å². The largest absolute Gasteiger partial charge is 0.418 e. The van der Waals surface area contributed by atoms with Gasteiger partial charge in [0.1, 0.15) is 24.4 Å². The Labute approximate surface area is 212 Å². The molecule has 0 fully saturated rings. The molecule has 37 heavy (non-hydrogen) atoms. The summed E-state index contributed by atoms with van der Waals surface area (Å²) in [5, 5.41) is 3.61. The highest BCUT2D eigenvalue weighted by atomic mass is 32.3. The second-order valence-electron chi connectivity index (χ2n) is 8.81. The Morgan fingerprint density at radius 1 is 1.05 bits per heavy atom. The van der Waals surface area contributed by atoms with Crippen LogP contribution in [0.15, 0.2) is 59.6 Å². The minimum Gasteiger partial charge on any atom is -0.373 e. The van der Waals surface area contributed by atoms with Gasteiger partial charge in [0.2, 0.25) is 10.2 Å². The van der Waals surface area contributed by atoms with E-state index >= 15 is 0 Å². The lowest BCUT2D eigenvalue weighted by atomic mass is 10.1. The number of anilines is 2. The normalized spacial score (nSPS) is 13.6. The van der Waals surface area contributed by atoms with E-state index in [9.17, 15) is 21.9 Å². The van der Waals surface area contributed by atoms with Crippen LogP contribution in [0.25, 0.3) is 22.4 Å². The first kappa shape index (κ1) is 26.6. The first-order valence-electron chi connectivity index (χ1n) is 11.3. The molecule has 0 aliphatic carbocycles. The van der Waals surface area contributed by atoms with Gasteiger partial charge in [0.15, 0.2) is 16.4 Å². The van der Waals surface area contributed by atoms with Gasteiger partial charge in [-0.1, -0.05) is 18.1 Å². The summed E-state index contributed by atoms with van der Waals surface area (Å²) in [5.74, 6) is 0.936. The fraction of sp³-hybridized carbons (Fsp3) is 0.280. The predicted molar refractivity (Wildman–Crippen MR) is 135 cm³/mol. The van der Waals surface area contributed by atoms with Crippen LogP contribution in [0.5, 0.6) is 0 Å². The number of nitrogens with zero attached hydrogens (tertiary/aromatic N) is 4. The monoisotopic (exact) mass is 532 g/mol. The van der Waals surface area contributed by atoms with Gasteiger partial charge in [-0.2, -0.15) is 17.7 Å². The Bertz CT molecular complexity index is 1460. The summed E-state index contributed by atoms with van der Waals surface area (Å²) < 4.78 is 68.0. The molecule has 0 amide bonds. The van der Waals surface area contributed by atoms with Crippen molar-refractivity contribution in [2.24, 2.45) is 5.92 Å². The Morgan fingerprint density at radius 2 is 1.78 bits per heavy atom. The third-order valence-electron chi connectivity index (χ3n) is 5.20. The highest BCUT2D eigenvalue weighted by Gasteiger charge is 2.34. The second kappa shape index (κ2) is 10.5. The van der Waals surface area contributed by atoms with Crippen molar-refractivity contribution < 1.29 is 26.7 Å². The Morgan fingerprint density at radius 3 is 2.43 bits per heavy atom. The minimum atomic E-state index is -4.60. The number of alkyl halides is 3. The molecule has 3 aromatic heterocycles. The molecule has 1 atom stereocenters. The molecule has 0 saturated carbocycles. The Balaban J connectivity index is 1.77.